The van der Waals surface area contributed by atoms with Crippen LogP contribution >= 0.6 is 0 Å². The molecule has 0 unspecified atom stereocenters. The van der Waals surface area contributed by atoms with Gasteiger partial charge in [0, 0.05) is 38.4 Å². The highest BCUT2D eigenvalue weighted by Gasteiger charge is 2.07. The first kappa shape index (κ1) is 17.7. The van der Waals surface area contributed by atoms with Gasteiger partial charge >= 0.3 is 12.0 Å². The van der Waals surface area contributed by atoms with E-state index in [1.807, 2.05) is 0 Å². The summed E-state index contributed by atoms with van der Waals surface area (Å²) in [7, 11) is 1.58. The number of nitrogens with one attached hydrogen (secondary N) is 2. The summed E-state index contributed by atoms with van der Waals surface area (Å²) in [5.41, 5.74) is 0.749. The highest BCUT2D eigenvalue weighted by molar-refractivity contribution is 5.74. The number of hydrogen-bond acceptors (Lipinski definition) is 5. The number of rotatable bonds is 10. The fourth-order valence-electron chi connectivity index (χ4n) is 1.59. The van der Waals surface area contributed by atoms with Crippen molar-refractivity contribution in [1.29, 1.82) is 0 Å². The predicted octanol–water partition coefficient (Wildman–Crippen LogP) is 0.771. The lowest BCUT2D eigenvalue weighted by molar-refractivity contribution is -0.137. The van der Waals surface area contributed by atoms with Crippen LogP contribution in [0.3, 0.4) is 0 Å². The van der Waals surface area contributed by atoms with Gasteiger partial charge in [-0.15, -0.1) is 0 Å². The van der Waals surface area contributed by atoms with Crippen molar-refractivity contribution in [2.24, 2.45) is 0 Å². The maximum atomic E-state index is 11.6. The summed E-state index contributed by atoms with van der Waals surface area (Å²) in [5.74, 6) is -0.429. The zero-order chi connectivity index (χ0) is 16.2. The number of carboxylic acids is 1. The predicted molar refractivity (Wildman–Crippen MR) is 78.7 cm³/mol. The Hall–Kier alpha value is -2.35. The van der Waals surface area contributed by atoms with E-state index in [9.17, 15) is 9.59 Å². The Labute approximate surface area is 128 Å². The van der Waals surface area contributed by atoms with Crippen LogP contribution in [-0.4, -0.2) is 49.0 Å². The van der Waals surface area contributed by atoms with Gasteiger partial charge in [0.1, 0.15) is 6.61 Å². The molecule has 0 aliphatic rings. The molecule has 8 heteroatoms. The minimum Gasteiger partial charge on any atom is -0.481 e. The van der Waals surface area contributed by atoms with E-state index in [4.69, 9.17) is 14.6 Å². The number of carbonyl (C=O) groups is 2. The molecular weight excluding hydrogens is 290 g/mol. The monoisotopic (exact) mass is 311 g/mol. The molecule has 0 saturated heterocycles. The molecule has 1 aromatic rings. The third kappa shape index (κ3) is 7.44. The van der Waals surface area contributed by atoms with Crippen LogP contribution < -0.4 is 15.4 Å². The van der Waals surface area contributed by atoms with Gasteiger partial charge in [-0.05, 0) is 12.5 Å². The molecule has 0 bridgehead atoms. The van der Waals surface area contributed by atoms with E-state index in [0.717, 1.165) is 5.56 Å². The average Bonchev–Trinajstić information content (AvgIpc) is 2.50. The molecule has 3 N–H and O–H groups in total. The number of pyridine rings is 1. The SMILES string of the molecule is COCCOc1ncccc1CNC(=O)NCCCC(=O)O. The summed E-state index contributed by atoms with van der Waals surface area (Å²) in [4.78, 5) is 26.0. The molecule has 122 valence electrons. The molecule has 0 fully saturated rings. The van der Waals surface area contributed by atoms with E-state index >= 15 is 0 Å². The number of carboxylic acid groups (broad SMARTS) is 1. The summed E-state index contributed by atoms with van der Waals surface area (Å²) in [6.45, 7) is 1.40. The number of aromatic nitrogens is 1. The summed E-state index contributed by atoms with van der Waals surface area (Å²) in [6, 6.07) is 3.20. The molecule has 8 nitrogen and oxygen atoms in total. The molecule has 0 atom stereocenters. The number of urea groups is 1. The first-order valence-electron chi connectivity index (χ1n) is 6.92. The maximum Gasteiger partial charge on any atom is 0.315 e. The molecule has 2 amide bonds. The molecule has 22 heavy (non-hydrogen) atoms. The molecule has 0 aromatic carbocycles. The largest absolute Gasteiger partial charge is 0.481 e. The van der Waals surface area contributed by atoms with Crippen LogP contribution in [0.15, 0.2) is 18.3 Å². The standard InChI is InChI=1S/C14H21N3O5/c1-21-8-9-22-13-11(4-2-6-15-13)10-17-14(20)16-7-3-5-12(18)19/h2,4,6H,3,5,7-10H2,1H3,(H,18,19)(H2,16,17,20). The van der Waals surface area contributed by atoms with Crippen molar-refractivity contribution in [2.45, 2.75) is 19.4 Å². The molecule has 1 aromatic heterocycles. The first-order chi connectivity index (χ1) is 10.6. The van der Waals surface area contributed by atoms with Gasteiger partial charge in [-0.1, -0.05) is 6.07 Å². The smallest absolute Gasteiger partial charge is 0.315 e. The molecule has 1 rings (SSSR count). The van der Waals surface area contributed by atoms with Gasteiger partial charge in [0.05, 0.1) is 6.61 Å². The molecule has 0 radical (unpaired) electrons. The second kappa shape index (κ2) is 10.4. The Morgan fingerprint density at radius 1 is 1.32 bits per heavy atom. The minimum atomic E-state index is -0.879. The van der Waals surface area contributed by atoms with Crippen molar-refractivity contribution in [3.8, 4) is 5.88 Å². The Morgan fingerprint density at radius 3 is 2.86 bits per heavy atom. The van der Waals surface area contributed by atoms with Crippen LogP contribution in [0, 0.1) is 0 Å². The number of amides is 2. The number of methoxy groups -OCH3 is 1. The quantitative estimate of drug-likeness (QED) is 0.551. The number of nitrogens with zero attached hydrogens (tertiary/aromatic N) is 1. The minimum absolute atomic E-state index is 0.0281. The van der Waals surface area contributed by atoms with Crippen LogP contribution in [0.5, 0.6) is 5.88 Å². The average molecular weight is 311 g/mol. The van der Waals surface area contributed by atoms with E-state index in [-0.39, 0.29) is 19.0 Å². The number of ether oxygens (including phenoxy) is 2. The number of aliphatic carboxylic acids is 1. The maximum absolute atomic E-state index is 11.6. The third-order valence-corrected chi connectivity index (χ3v) is 2.67. The second-order valence-corrected chi connectivity index (χ2v) is 4.42. The van der Waals surface area contributed by atoms with Gasteiger partial charge in [-0.2, -0.15) is 0 Å². The Kier molecular flexibility index (Phi) is 8.36. The van der Waals surface area contributed by atoms with Crippen LogP contribution in [0.2, 0.25) is 0 Å². The van der Waals surface area contributed by atoms with Gasteiger partial charge in [0.25, 0.3) is 0 Å². The van der Waals surface area contributed by atoms with Crippen LogP contribution in [0.25, 0.3) is 0 Å². The lowest BCUT2D eigenvalue weighted by Crippen LogP contribution is -2.35. The van der Waals surface area contributed by atoms with E-state index in [0.29, 0.717) is 32.1 Å². The zero-order valence-electron chi connectivity index (χ0n) is 12.5. The van der Waals surface area contributed by atoms with Gasteiger partial charge in [-0.25, -0.2) is 9.78 Å². The highest BCUT2D eigenvalue weighted by Crippen LogP contribution is 2.13. The Morgan fingerprint density at radius 2 is 2.14 bits per heavy atom. The molecule has 0 aliphatic carbocycles. The normalized spacial score (nSPS) is 10.0. The van der Waals surface area contributed by atoms with Crippen molar-refractivity contribution in [3.05, 3.63) is 23.9 Å². The summed E-state index contributed by atoms with van der Waals surface area (Å²) in [5, 5.41) is 13.7. The van der Waals surface area contributed by atoms with Crippen molar-refractivity contribution in [2.75, 3.05) is 26.9 Å². The lowest BCUT2D eigenvalue weighted by atomic mass is 10.2. The highest BCUT2D eigenvalue weighted by atomic mass is 16.5. The van der Waals surface area contributed by atoms with Crippen molar-refractivity contribution in [1.82, 2.24) is 15.6 Å². The zero-order valence-corrected chi connectivity index (χ0v) is 12.5. The fourth-order valence-corrected chi connectivity index (χ4v) is 1.59. The van der Waals surface area contributed by atoms with Gasteiger partial charge in [-0.3, -0.25) is 4.79 Å². The molecule has 0 aliphatic heterocycles. The number of hydrogen-bond donors (Lipinski definition) is 3. The first-order valence-corrected chi connectivity index (χ1v) is 6.92. The molecule has 1 heterocycles. The second-order valence-electron chi connectivity index (χ2n) is 4.42. The van der Waals surface area contributed by atoms with E-state index in [1.54, 1.807) is 25.4 Å². The van der Waals surface area contributed by atoms with Crippen LogP contribution in [0.1, 0.15) is 18.4 Å². The van der Waals surface area contributed by atoms with Gasteiger partial charge < -0.3 is 25.2 Å². The van der Waals surface area contributed by atoms with Crippen molar-refractivity contribution in [3.63, 3.8) is 0 Å². The van der Waals surface area contributed by atoms with E-state index in [1.165, 1.54) is 0 Å². The lowest BCUT2D eigenvalue weighted by Gasteiger charge is -2.11. The Bertz CT molecular complexity index is 481. The third-order valence-electron chi connectivity index (χ3n) is 2.67. The van der Waals surface area contributed by atoms with Crippen LogP contribution in [0.4, 0.5) is 4.79 Å². The molecule has 0 saturated carbocycles. The van der Waals surface area contributed by atoms with Crippen molar-refractivity contribution >= 4 is 12.0 Å². The fraction of sp³-hybridized carbons (Fsp3) is 0.500. The summed E-state index contributed by atoms with van der Waals surface area (Å²) >= 11 is 0. The van der Waals surface area contributed by atoms with Crippen molar-refractivity contribution < 1.29 is 24.2 Å². The Balaban J connectivity index is 2.33. The van der Waals surface area contributed by atoms with Crippen LogP contribution in [-0.2, 0) is 16.1 Å². The topological polar surface area (TPSA) is 110 Å². The van der Waals surface area contributed by atoms with Gasteiger partial charge in [0.2, 0.25) is 5.88 Å². The summed E-state index contributed by atoms with van der Waals surface area (Å²) in [6.07, 6.45) is 2.03. The summed E-state index contributed by atoms with van der Waals surface area (Å²) < 4.78 is 10.4. The molecular formula is C14H21N3O5. The van der Waals surface area contributed by atoms with E-state index < -0.39 is 5.97 Å². The van der Waals surface area contributed by atoms with Gasteiger partial charge in [0.15, 0.2) is 0 Å². The number of carbonyl (C=O) groups excluding carboxylic acids is 1. The molecule has 0 spiro atoms. The van der Waals surface area contributed by atoms with E-state index in [2.05, 4.69) is 15.6 Å².